The van der Waals surface area contributed by atoms with Crippen molar-refractivity contribution in [2.75, 3.05) is 0 Å². The third-order valence-corrected chi connectivity index (χ3v) is 2.00. The first-order valence-electron chi connectivity index (χ1n) is 4.68. The number of hydrogen-bond donors (Lipinski definition) is 0. The molecule has 0 aliphatic carbocycles. The van der Waals surface area contributed by atoms with Crippen molar-refractivity contribution in [3.05, 3.63) is 24.3 Å². The predicted octanol–water partition coefficient (Wildman–Crippen LogP) is 0.846. The fourth-order valence-corrected chi connectivity index (χ4v) is 1.30. The number of benzene rings is 1. The zero-order valence-electron chi connectivity index (χ0n) is 8.33. The minimum atomic E-state index is -0.580. The number of ether oxygens (including phenoxy) is 1. The summed E-state index contributed by atoms with van der Waals surface area (Å²) in [7, 11) is 0. The van der Waals surface area contributed by atoms with E-state index in [1.807, 2.05) is 24.3 Å². The van der Waals surface area contributed by atoms with Crippen molar-refractivity contribution in [3.63, 3.8) is 0 Å². The highest BCUT2D eigenvalue weighted by atomic mass is 16.5. The van der Waals surface area contributed by atoms with E-state index in [-0.39, 0.29) is 6.42 Å². The second-order valence-electron chi connectivity index (χ2n) is 3.10. The van der Waals surface area contributed by atoms with Crippen LogP contribution < -0.4 is 0 Å². The highest BCUT2D eigenvalue weighted by Gasteiger charge is 2.05. The summed E-state index contributed by atoms with van der Waals surface area (Å²) in [5.74, 6) is -0.580. The summed E-state index contributed by atoms with van der Waals surface area (Å²) in [5, 5.41) is 16.4. The number of aryl methyl sites for hydroxylation is 1. The van der Waals surface area contributed by atoms with Gasteiger partial charge in [-0.25, -0.2) is 0 Å². The molecule has 6 heteroatoms. The average Bonchev–Trinajstić information content (AvgIpc) is 2.69. The lowest BCUT2D eigenvalue weighted by atomic mass is 10.3. The monoisotopic (exact) mass is 216 g/mol. The molecule has 0 bridgehead atoms. The Morgan fingerprint density at radius 1 is 1.38 bits per heavy atom. The lowest BCUT2D eigenvalue weighted by Crippen LogP contribution is -2.09. The molecule has 0 spiro atoms. The molecule has 0 atom stereocenters. The summed E-state index contributed by atoms with van der Waals surface area (Å²) in [6.45, 7) is 0.301. The molecule has 2 aromatic rings. The van der Waals surface area contributed by atoms with Gasteiger partial charge in [0, 0.05) is 0 Å². The second kappa shape index (κ2) is 4.40. The molecule has 16 heavy (non-hydrogen) atoms. The molecule has 0 aliphatic heterocycles. The van der Waals surface area contributed by atoms with Crippen LogP contribution in [0, 0.1) is 11.5 Å². The maximum absolute atomic E-state index is 10.9. The van der Waals surface area contributed by atoms with E-state index in [1.54, 1.807) is 0 Å². The van der Waals surface area contributed by atoms with Crippen LogP contribution in [0.1, 0.15) is 6.42 Å². The zero-order valence-corrected chi connectivity index (χ0v) is 8.33. The van der Waals surface area contributed by atoms with E-state index in [2.05, 4.69) is 14.9 Å². The van der Waals surface area contributed by atoms with Crippen LogP contribution in [-0.2, 0) is 16.1 Å². The number of nitrogens with zero attached hydrogens (tertiary/aromatic N) is 4. The molecule has 0 radical (unpaired) electrons. The standard InChI is InChI=1S/C10H8N4O2/c11-7-16-10(15)5-6-14-12-8-3-1-2-4-9(8)13-14/h1-4H,5-6H2. The largest absolute Gasteiger partial charge is 0.351 e. The fraction of sp³-hybridized carbons (Fsp3) is 0.200. The van der Waals surface area contributed by atoms with Gasteiger partial charge in [-0.1, -0.05) is 12.1 Å². The molecule has 2 rings (SSSR count). The van der Waals surface area contributed by atoms with E-state index >= 15 is 0 Å². The lowest BCUT2D eigenvalue weighted by Gasteiger charge is -1.95. The Morgan fingerprint density at radius 3 is 2.56 bits per heavy atom. The molecular weight excluding hydrogens is 208 g/mol. The van der Waals surface area contributed by atoms with E-state index in [9.17, 15) is 4.79 Å². The molecular formula is C10H8N4O2. The summed E-state index contributed by atoms with van der Waals surface area (Å²) in [6.07, 6.45) is 1.41. The van der Waals surface area contributed by atoms with Crippen LogP contribution in [-0.4, -0.2) is 21.0 Å². The summed E-state index contributed by atoms with van der Waals surface area (Å²) < 4.78 is 4.14. The lowest BCUT2D eigenvalue weighted by molar-refractivity contribution is -0.137. The van der Waals surface area contributed by atoms with Gasteiger partial charge in [0.15, 0.2) is 0 Å². The Hall–Kier alpha value is -2.42. The third kappa shape index (κ3) is 2.15. The molecule has 1 aromatic heterocycles. The number of esters is 1. The molecule has 1 heterocycles. The predicted molar refractivity (Wildman–Crippen MR) is 53.9 cm³/mol. The zero-order chi connectivity index (χ0) is 11.4. The van der Waals surface area contributed by atoms with E-state index < -0.39 is 5.97 Å². The topological polar surface area (TPSA) is 80.8 Å². The molecule has 1 aromatic carbocycles. The van der Waals surface area contributed by atoms with Crippen molar-refractivity contribution in [1.29, 1.82) is 5.26 Å². The van der Waals surface area contributed by atoms with E-state index in [4.69, 9.17) is 5.26 Å². The van der Waals surface area contributed by atoms with Crippen LogP contribution in [0.2, 0.25) is 0 Å². The van der Waals surface area contributed by atoms with Crippen molar-refractivity contribution in [3.8, 4) is 6.26 Å². The van der Waals surface area contributed by atoms with Crippen molar-refractivity contribution in [2.24, 2.45) is 0 Å². The quantitative estimate of drug-likeness (QED) is 0.561. The van der Waals surface area contributed by atoms with Crippen LogP contribution in [0.3, 0.4) is 0 Å². The molecule has 0 unspecified atom stereocenters. The Labute approximate surface area is 91.0 Å². The van der Waals surface area contributed by atoms with E-state index in [1.165, 1.54) is 11.1 Å². The number of fused-ring (bicyclic) bond motifs is 1. The van der Waals surface area contributed by atoms with E-state index in [0.717, 1.165) is 11.0 Å². The van der Waals surface area contributed by atoms with Crippen molar-refractivity contribution in [1.82, 2.24) is 15.0 Å². The number of nitriles is 1. The summed E-state index contributed by atoms with van der Waals surface area (Å²) >= 11 is 0. The summed E-state index contributed by atoms with van der Waals surface area (Å²) in [4.78, 5) is 12.3. The Morgan fingerprint density at radius 2 is 2.00 bits per heavy atom. The van der Waals surface area contributed by atoms with Crippen LogP contribution in [0.5, 0.6) is 0 Å². The van der Waals surface area contributed by atoms with Crippen molar-refractivity contribution >= 4 is 17.0 Å². The first-order chi connectivity index (χ1) is 7.79. The van der Waals surface area contributed by atoms with Crippen molar-refractivity contribution < 1.29 is 9.53 Å². The summed E-state index contributed by atoms with van der Waals surface area (Å²) in [5.41, 5.74) is 1.55. The van der Waals surface area contributed by atoms with Gasteiger partial charge in [0.2, 0.25) is 0 Å². The van der Waals surface area contributed by atoms with Crippen LogP contribution in [0.4, 0.5) is 0 Å². The van der Waals surface area contributed by atoms with Gasteiger partial charge in [-0.05, 0) is 12.1 Å². The van der Waals surface area contributed by atoms with Gasteiger partial charge in [-0.15, -0.1) is 5.26 Å². The van der Waals surface area contributed by atoms with Crippen LogP contribution in [0.15, 0.2) is 24.3 Å². The maximum atomic E-state index is 10.9. The molecule has 0 saturated carbocycles. The number of aromatic nitrogens is 3. The molecule has 0 amide bonds. The van der Waals surface area contributed by atoms with Gasteiger partial charge in [0.05, 0.1) is 13.0 Å². The van der Waals surface area contributed by atoms with Gasteiger partial charge >= 0.3 is 5.97 Å². The SMILES string of the molecule is N#COC(=O)CCn1nc2ccccc2n1. The van der Waals surface area contributed by atoms with Gasteiger partial charge in [-0.2, -0.15) is 15.0 Å². The molecule has 6 nitrogen and oxygen atoms in total. The molecule has 80 valence electrons. The molecule has 0 N–H and O–H groups in total. The highest BCUT2D eigenvalue weighted by molar-refractivity contribution is 5.73. The third-order valence-electron chi connectivity index (χ3n) is 2.00. The number of rotatable bonds is 3. The van der Waals surface area contributed by atoms with Crippen LogP contribution >= 0.6 is 0 Å². The molecule has 0 saturated heterocycles. The molecule has 0 aliphatic rings. The first-order valence-corrected chi connectivity index (χ1v) is 4.68. The Bertz CT molecular complexity index is 522. The minimum Gasteiger partial charge on any atom is -0.351 e. The minimum absolute atomic E-state index is 0.0779. The Kier molecular flexibility index (Phi) is 2.78. The first kappa shape index (κ1) is 10.1. The second-order valence-corrected chi connectivity index (χ2v) is 3.10. The van der Waals surface area contributed by atoms with Crippen LogP contribution in [0.25, 0.3) is 11.0 Å². The van der Waals surface area contributed by atoms with Gasteiger partial charge < -0.3 is 4.74 Å². The van der Waals surface area contributed by atoms with Gasteiger partial charge in [0.1, 0.15) is 11.0 Å². The highest BCUT2D eigenvalue weighted by Crippen LogP contribution is 2.07. The maximum Gasteiger partial charge on any atom is 0.323 e. The number of carbonyl (C=O) groups excluding carboxylic acids is 1. The van der Waals surface area contributed by atoms with E-state index in [0.29, 0.717) is 6.54 Å². The normalized spacial score (nSPS) is 9.94. The Balaban J connectivity index is 2.05. The molecule has 0 fully saturated rings. The average molecular weight is 216 g/mol. The fourth-order valence-electron chi connectivity index (χ4n) is 1.30. The van der Waals surface area contributed by atoms with Crippen molar-refractivity contribution in [2.45, 2.75) is 13.0 Å². The number of carbonyl (C=O) groups is 1. The van der Waals surface area contributed by atoms with Gasteiger partial charge in [0.25, 0.3) is 6.26 Å². The van der Waals surface area contributed by atoms with Gasteiger partial charge in [-0.3, -0.25) is 4.79 Å². The smallest absolute Gasteiger partial charge is 0.323 e. The summed E-state index contributed by atoms with van der Waals surface area (Å²) in [6, 6.07) is 7.41. The number of hydrogen-bond acceptors (Lipinski definition) is 5.